The summed E-state index contributed by atoms with van der Waals surface area (Å²) in [6, 6.07) is 1.25. The summed E-state index contributed by atoms with van der Waals surface area (Å²) in [5.74, 6) is -1.42. The van der Waals surface area contributed by atoms with Crippen molar-refractivity contribution in [1.82, 2.24) is 13.7 Å². The van der Waals surface area contributed by atoms with E-state index in [1.54, 1.807) is 6.07 Å². The molecule has 0 spiro atoms. The first-order chi connectivity index (χ1) is 19.3. The maximum absolute atomic E-state index is 14.9. The minimum atomic E-state index is -0.944. The van der Waals surface area contributed by atoms with Crippen LogP contribution in [0.5, 0.6) is 0 Å². The smallest absolute Gasteiger partial charge is 0.336 e. The molecule has 190 valence electrons. The highest BCUT2D eigenvalue weighted by atomic mass is 127. The van der Waals surface area contributed by atoms with E-state index in [0.29, 0.717) is 16.4 Å². The number of aromatic nitrogens is 3. The lowest BCUT2D eigenvalue weighted by Crippen LogP contribution is -2.41. The topological polar surface area (TPSA) is 107 Å². The van der Waals surface area contributed by atoms with Crippen molar-refractivity contribution >= 4 is 56.6 Å². The van der Waals surface area contributed by atoms with E-state index in [1.807, 2.05) is 22.6 Å². The van der Waals surface area contributed by atoms with Crippen molar-refractivity contribution in [2.75, 3.05) is 10.6 Å². The lowest BCUT2D eigenvalue weighted by Gasteiger charge is -2.21. The normalized spacial score (nSPS) is 14.6. The molecule has 2 aromatic carbocycles. The summed E-state index contributed by atoms with van der Waals surface area (Å²) in [6.07, 6.45) is 1.02. The molecule has 2 aromatic heterocycles. The number of hydrogen-bond donors (Lipinski definition) is 2. The maximum atomic E-state index is 14.9. The van der Waals surface area contributed by atoms with Gasteiger partial charge >= 0.3 is 5.69 Å². The van der Waals surface area contributed by atoms with Crippen molar-refractivity contribution in [3.63, 3.8) is 0 Å². The van der Waals surface area contributed by atoms with Crippen molar-refractivity contribution in [2.24, 2.45) is 7.05 Å². The van der Waals surface area contributed by atoms with Gasteiger partial charge in [0, 0.05) is 34.8 Å². The SMILES string of the molecule is [2H]c1c([2H])c(NC(C)=O)c([2H])c(-n2c(=O)n(C3CC3)c(=O)c3c(Nc4ccc(I)cc4F)n(C)c(=O)c(C)c32)c1[2H]. The van der Waals surface area contributed by atoms with Gasteiger partial charge < -0.3 is 10.6 Å². The number of carbonyl (C=O) groups is 1. The van der Waals surface area contributed by atoms with Gasteiger partial charge in [0.1, 0.15) is 17.0 Å². The van der Waals surface area contributed by atoms with Gasteiger partial charge in [-0.15, -0.1) is 0 Å². The molecule has 37 heavy (non-hydrogen) atoms. The molecule has 9 nitrogen and oxygen atoms in total. The van der Waals surface area contributed by atoms with Gasteiger partial charge in [0.05, 0.1) is 22.4 Å². The standard InChI is InChI=1S/C26H23FIN5O4/c1-13-22-21(23(31(3)24(13)35)30-20-10-7-15(28)11-19(20)27)25(36)33(17-8-9-17)26(37)32(22)18-6-4-5-16(12-18)29-14(2)34/h4-7,10-12,17,30H,8-9H2,1-3H3,(H,29,34)/i4D,5D,6D,12D. The molecule has 1 saturated carbocycles. The summed E-state index contributed by atoms with van der Waals surface area (Å²) in [4.78, 5) is 53.3. The van der Waals surface area contributed by atoms with E-state index in [-0.39, 0.29) is 28.0 Å². The Morgan fingerprint density at radius 3 is 2.57 bits per heavy atom. The molecule has 0 aliphatic heterocycles. The number of anilines is 3. The number of nitrogens with zero attached hydrogens (tertiary/aromatic N) is 3. The van der Waals surface area contributed by atoms with Crippen molar-refractivity contribution < 1.29 is 14.7 Å². The Hall–Kier alpha value is -3.74. The molecular weight excluding hydrogens is 592 g/mol. The molecule has 1 aliphatic carbocycles. The van der Waals surface area contributed by atoms with Gasteiger partial charge in [-0.1, -0.05) is 6.04 Å². The summed E-state index contributed by atoms with van der Waals surface area (Å²) in [5.41, 5.74) is -3.58. The molecule has 2 heterocycles. The summed E-state index contributed by atoms with van der Waals surface area (Å²) in [5, 5.41) is 4.98. The molecular formula is C26H23FIN5O4. The van der Waals surface area contributed by atoms with Gasteiger partial charge in [-0.2, -0.15) is 0 Å². The third-order valence-corrected chi connectivity index (χ3v) is 6.75. The van der Waals surface area contributed by atoms with E-state index < -0.39 is 70.1 Å². The number of amides is 1. The summed E-state index contributed by atoms with van der Waals surface area (Å²) in [7, 11) is 1.38. The van der Waals surface area contributed by atoms with Crippen LogP contribution >= 0.6 is 22.6 Å². The lowest BCUT2D eigenvalue weighted by molar-refractivity contribution is -0.114. The van der Waals surface area contributed by atoms with Crippen LogP contribution in [0.1, 0.15) is 36.9 Å². The van der Waals surface area contributed by atoms with Crippen LogP contribution in [0.4, 0.5) is 21.6 Å². The van der Waals surface area contributed by atoms with Crippen LogP contribution in [-0.4, -0.2) is 19.6 Å². The Morgan fingerprint density at radius 2 is 1.92 bits per heavy atom. The van der Waals surface area contributed by atoms with Crippen molar-refractivity contribution in [3.05, 3.63) is 88.5 Å². The third kappa shape index (κ3) is 4.37. The average molecular weight is 619 g/mol. The van der Waals surface area contributed by atoms with Crippen LogP contribution in [0.3, 0.4) is 0 Å². The monoisotopic (exact) mass is 619 g/mol. The molecule has 0 unspecified atom stereocenters. The van der Waals surface area contributed by atoms with Crippen LogP contribution in [-0.2, 0) is 11.8 Å². The van der Waals surface area contributed by atoms with Gasteiger partial charge in [-0.05, 0) is 78.7 Å². The Morgan fingerprint density at radius 1 is 1.19 bits per heavy atom. The number of pyridine rings is 1. The fourth-order valence-electron chi connectivity index (χ4n) is 4.23. The van der Waals surface area contributed by atoms with Crippen LogP contribution in [0.25, 0.3) is 16.6 Å². The fourth-order valence-corrected chi connectivity index (χ4v) is 4.68. The van der Waals surface area contributed by atoms with E-state index in [1.165, 1.54) is 26.1 Å². The second-order valence-corrected chi connectivity index (χ2v) is 9.99. The maximum Gasteiger partial charge on any atom is 0.336 e. The largest absolute Gasteiger partial charge is 0.338 e. The highest BCUT2D eigenvalue weighted by Gasteiger charge is 2.31. The molecule has 4 aromatic rings. The summed E-state index contributed by atoms with van der Waals surface area (Å²) < 4.78 is 52.4. The zero-order valence-corrected chi connectivity index (χ0v) is 22.1. The van der Waals surface area contributed by atoms with E-state index in [9.17, 15) is 23.6 Å². The highest BCUT2D eigenvalue weighted by molar-refractivity contribution is 14.1. The molecule has 0 atom stereocenters. The summed E-state index contributed by atoms with van der Waals surface area (Å²) in [6.45, 7) is 2.51. The molecule has 0 bridgehead atoms. The number of hydrogen-bond acceptors (Lipinski definition) is 5. The first kappa shape index (κ1) is 20.3. The first-order valence-electron chi connectivity index (χ1n) is 13.3. The molecule has 0 saturated heterocycles. The van der Waals surface area contributed by atoms with E-state index in [4.69, 9.17) is 5.48 Å². The lowest BCUT2D eigenvalue weighted by atomic mass is 10.1. The second kappa shape index (κ2) is 9.29. The van der Waals surface area contributed by atoms with Crippen LogP contribution in [0.2, 0.25) is 0 Å². The molecule has 1 fully saturated rings. The first-order valence-corrected chi connectivity index (χ1v) is 12.3. The van der Waals surface area contributed by atoms with Gasteiger partial charge in [-0.25, -0.2) is 9.18 Å². The van der Waals surface area contributed by atoms with Crippen LogP contribution in [0, 0.1) is 16.3 Å². The van der Waals surface area contributed by atoms with Crippen LogP contribution < -0.4 is 27.4 Å². The van der Waals surface area contributed by atoms with Gasteiger partial charge in [0.15, 0.2) is 0 Å². The molecule has 2 N–H and O–H groups in total. The number of nitrogens with one attached hydrogen (secondary N) is 2. The zero-order valence-electron chi connectivity index (χ0n) is 24.0. The molecule has 5 rings (SSSR count). The number of benzene rings is 2. The number of halogens is 2. The van der Waals surface area contributed by atoms with Crippen molar-refractivity contribution in [2.45, 2.75) is 32.7 Å². The van der Waals surface area contributed by atoms with E-state index >= 15 is 0 Å². The van der Waals surface area contributed by atoms with Gasteiger partial charge in [0.25, 0.3) is 11.1 Å². The van der Waals surface area contributed by atoms with E-state index in [2.05, 4.69) is 10.6 Å². The average Bonchev–Trinajstić information content (AvgIpc) is 3.74. The Balaban J connectivity index is 2.01. The number of aryl methyl sites for hydroxylation is 1. The minimum absolute atomic E-state index is 0.0389. The third-order valence-electron chi connectivity index (χ3n) is 6.08. The molecule has 0 radical (unpaired) electrons. The van der Waals surface area contributed by atoms with Gasteiger partial charge in [0.2, 0.25) is 5.91 Å². The Bertz CT molecular complexity index is 2000. The molecule has 11 heteroatoms. The Labute approximate surface area is 229 Å². The zero-order chi connectivity index (χ0) is 30.1. The van der Waals surface area contributed by atoms with Crippen molar-refractivity contribution in [1.29, 1.82) is 0 Å². The second-order valence-electron chi connectivity index (χ2n) is 8.74. The minimum Gasteiger partial charge on any atom is -0.338 e. The number of rotatable bonds is 5. The van der Waals surface area contributed by atoms with E-state index in [0.717, 1.165) is 20.6 Å². The number of fused-ring (bicyclic) bond motifs is 1. The highest BCUT2D eigenvalue weighted by Crippen LogP contribution is 2.34. The fraction of sp³-hybridized carbons (Fsp3) is 0.231. The van der Waals surface area contributed by atoms with Gasteiger partial charge in [-0.3, -0.25) is 28.1 Å². The predicted molar refractivity (Wildman–Crippen MR) is 149 cm³/mol. The Kier molecular flexibility index (Phi) is 5.10. The quantitative estimate of drug-likeness (QED) is 0.330. The molecule has 1 aliphatic rings. The van der Waals surface area contributed by atoms with Crippen LogP contribution in [0.15, 0.2) is 56.8 Å². The molecule has 1 amide bonds. The summed E-state index contributed by atoms with van der Waals surface area (Å²) >= 11 is 1.94. The predicted octanol–water partition coefficient (Wildman–Crippen LogP) is 3.94. The number of carbonyl (C=O) groups excluding carboxylic acids is 1. The van der Waals surface area contributed by atoms with Crippen molar-refractivity contribution in [3.8, 4) is 5.69 Å².